The lowest BCUT2D eigenvalue weighted by atomic mass is 10.2. The monoisotopic (exact) mass is 179 g/mol. The summed E-state index contributed by atoms with van der Waals surface area (Å²) in [5.41, 5.74) is 2.76. The topological polar surface area (TPSA) is 46.9 Å². The van der Waals surface area contributed by atoms with Gasteiger partial charge in [-0.15, -0.1) is 0 Å². The lowest BCUT2D eigenvalue weighted by Crippen LogP contribution is -2.19. The molecule has 0 aromatic carbocycles. The van der Waals surface area contributed by atoms with Crippen molar-refractivity contribution in [3.8, 4) is 0 Å². The van der Waals surface area contributed by atoms with Gasteiger partial charge in [0.15, 0.2) is 0 Å². The number of aromatic nitrogens is 2. The highest BCUT2D eigenvalue weighted by atomic mass is 16.2. The lowest BCUT2D eigenvalue weighted by molar-refractivity contribution is 0.0953. The fourth-order valence-electron chi connectivity index (χ4n) is 1.66. The van der Waals surface area contributed by atoms with E-state index in [1.807, 2.05) is 20.8 Å². The minimum Gasteiger partial charge on any atom is -0.346 e. The van der Waals surface area contributed by atoms with Crippen molar-refractivity contribution in [1.29, 1.82) is 0 Å². The van der Waals surface area contributed by atoms with Crippen molar-refractivity contribution in [2.75, 3.05) is 0 Å². The highest BCUT2D eigenvalue weighted by Crippen LogP contribution is 2.21. The molecule has 0 saturated heterocycles. The Bertz CT molecular complexity index is 365. The van der Waals surface area contributed by atoms with Crippen molar-refractivity contribution in [2.24, 2.45) is 0 Å². The molecule has 0 fully saturated rings. The number of carbonyl (C=O) groups is 1. The summed E-state index contributed by atoms with van der Waals surface area (Å²) in [6.45, 7) is 6.63. The van der Waals surface area contributed by atoms with Gasteiger partial charge in [-0.25, -0.2) is 0 Å². The molecule has 4 nitrogen and oxygen atoms in total. The quantitative estimate of drug-likeness (QED) is 0.699. The van der Waals surface area contributed by atoms with Crippen molar-refractivity contribution < 1.29 is 4.79 Å². The van der Waals surface area contributed by atoms with Crippen LogP contribution < -0.4 is 5.32 Å². The molecule has 1 aromatic rings. The second kappa shape index (κ2) is 2.58. The molecule has 4 heteroatoms. The highest BCUT2D eigenvalue weighted by Gasteiger charge is 2.27. The summed E-state index contributed by atoms with van der Waals surface area (Å²) in [7, 11) is 0. The van der Waals surface area contributed by atoms with Gasteiger partial charge in [0.2, 0.25) is 0 Å². The van der Waals surface area contributed by atoms with Gasteiger partial charge >= 0.3 is 0 Å². The van der Waals surface area contributed by atoms with Crippen LogP contribution in [0.5, 0.6) is 0 Å². The third kappa shape index (κ3) is 1.05. The van der Waals surface area contributed by atoms with E-state index >= 15 is 0 Å². The fraction of sp³-hybridized carbons (Fsp3) is 0.556. The van der Waals surface area contributed by atoms with Crippen LogP contribution in [0.1, 0.15) is 41.6 Å². The van der Waals surface area contributed by atoms with E-state index in [0.29, 0.717) is 6.54 Å². The van der Waals surface area contributed by atoms with Crippen LogP contribution in [-0.2, 0) is 6.54 Å². The van der Waals surface area contributed by atoms with Crippen LogP contribution in [0, 0.1) is 6.92 Å². The Balaban J connectivity index is 2.61. The highest BCUT2D eigenvalue weighted by molar-refractivity contribution is 5.97. The number of amides is 1. The van der Waals surface area contributed by atoms with Crippen LogP contribution in [0.15, 0.2) is 0 Å². The van der Waals surface area contributed by atoms with Crippen molar-refractivity contribution in [1.82, 2.24) is 15.1 Å². The number of nitrogens with zero attached hydrogens (tertiary/aromatic N) is 2. The Morgan fingerprint density at radius 2 is 2.23 bits per heavy atom. The number of aryl methyl sites for hydroxylation is 1. The standard InChI is InChI=1S/C9H13N3O/c1-5(2)12-8-7(6(3)11-12)4-10-9(8)13/h5H,4H2,1-3H3,(H,10,13). The normalized spacial score (nSPS) is 14.9. The molecular formula is C9H13N3O. The van der Waals surface area contributed by atoms with E-state index < -0.39 is 0 Å². The number of hydrogen-bond donors (Lipinski definition) is 1. The van der Waals surface area contributed by atoms with Gasteiger partial charge in [0.05, 0.1) is 5.69 Å². The fourth-order valence-corrected chi connectivity index (χ4v) is 1.66. The van der Waals surface area contributed by atoms with Crippen molar-refractivity contribution in [3.63, 3.8) is 0 Å². The average molecular weight is 179 g/mol. The van der Waals surface area contributed by atoms with Gasteiger partial charge in [0.1, 0.15) is 5.69 Å². The minimum atomic E-state index is 0.00398. The van der Waals surface area contributed by atoms with Gasteiger partial charge in [-0.3, -0.25) is 9.48 Å². The maximum atomic E-state index is 11.4. The number of nitrogens with one attached hydrogen (secondary N) is 1. The Hall–Kier alpha value is -1.32. The van der Waals surface area contributed by atoms with E-state index in [1.165, 1.54) is 0 Å². The summed E-state index contributed by atoms with van der Waals surface area (Å²) in [6, 6.07) is 0.242. The zero-order valence-corrected chi connectivity index (χ0v) is 8.09. The van der Waals surface area contributed by atoms with Gasteiger partial charge in [0.25, 0.3) is 5.91 Å². The first-order valence-electron chi connectivity index (χ1n) is 4.47. The second-order valence-electron chi connectivity index (χ2n) is 3.63. The molecule has 2 rings (SSSR count). The van der Waals surface area contributed by atoms with E-state index in [4.69, 9.17) is 0 Å². The van der Waals surface area contributed by atoms with Crippen LogP contribution in [0.2, 0.25) is 0 Å². The number of carbonyl (C=O) groups excluding carboxylic acids is 1. The molecule has 0 atom stereocenters. The summed E-state index contributed by atoms with van der Waals surface area (Å²) in [5.74, 6) is 0.00398. The van der Waals surface area contributed by atoms with Crippen LogP contribution in [-0.4, -0.2) is 15.7 Å². The number of fused-ring (bicyclic) bond motifs is 1. The maximum Gasteiger partial charge on any atom is 0.270 e. The summed E-state index contributed by atoms with van der Waals surface area (Å²) in [6.07, 6.45) is 0. The largest absolute Gasteiger partial charge is 0.346 e. The van der Waals surface area contributed by atoms with Gasteiger partial charge < -0.3 is 5.32 Å². The van der Waals surface area contributed by atoms with Gasteiger partial charge in [-0.2, -0.15) is 5.10 Å². The molecular weight excluding hydrogens is 166 g/mol. The Morgan fingerprint density at radius 3 is 2.85 bits per heavy atom. The third-order valence-corrected chi connectivity index (χ3v) is 2.34. The van der Waals surface area contributed by atoms with E-state index in [1.54, 1.807) is 4.68 Å². The molecule has 1 amide bonds. The SMILES string of the molecule is Cc1nn(C(C)C)c2c1CNC2=O. The first-order chi connectivity index (χ1) is 6.11. The van der Waals surface area contributed by atoms with Crippen LogP contribution in [0.3, 0.4) is 0 Å². The molecule has 1 aliphatic rings. The first-order valence-corrected chi connectivity index (χ1v) is 4.47. The Labute approximate surface area is 76.9 Å². The minimum absolute atomic E-state index is 0.00398. The predicted octanol–water partition coefficient (Wildman–Crippen LogP) is 1.02. The molecule has 0 aliphatic carbocycles. The molecule has 0 spiro atoms. The predicted molar refractivity (Wildman–Crippen MR) is 48.5 cm³/mol. The molecule has 0 bridgehead atoms. The lowest BCUT2D eigenvalue weighted by Gasteiger charge is -2.07. The van der Waals surface area contributed by atoms with Crippen LogP contribution in [0.25, 0.3) is 0 Å². The molecule has 2 heterocycles. The van der Waals surface area contributed by atoms with Gasteiger partial charge in [0, 0.05) is 18.2 Å². The summed E-state index contributed by atoms with van der Waals surface area (Å²) in [4.78, 5) is 11.4. The molecule has 1 N–H and O–H groups in total. The van der Waals surface area contributed by atoms with E-state index in [2.05, 4.69) is 10.4 Å². The molecule has 0 radical (unpaired) electrons. The Kier molecular flexibility index (Phi) is 1.65. The molecule has 1 aromatic heterocycles. The number of hydrogen-bond acceptors (Lipinski definition) is 2. The molecule has 0 saturated carbocycles. The van der Waals surface area contributed by atoms with Gasteiger partial charge in [-0.05, 0) is 20.8 Å². The molecule has 13 heavy (non-hydrogen) atoms. The van der Waals surface area contributed by atoms with Crippen molar-refractivity contribution in [3.05, 3.63) is 17.0 Å². The Morgan fingerprint density at radius 1 is 1.54 bits per heavy atom. The van der Waals surface area contributed by atoms with E-state index in [9.17, 15) is 4.79 Å². The maximum absolute atomic E-state index is 11.4. The van der Waals surface area contributed by atoms with E-state index in [-0.39, 0.29) is 11.9 Å². The molecule has 1 aliphatic heterocycles. The van der Waals surface area contributed by atoms with E-state index in [0.717, 1.165) is 17.0 Å². The van der Waals surface area contributed by atoms with Crippen LogP contribution >= 0.6 is 0 Å². The molecule has 0 unspecified atom stereocenters. The third-order valence-electron chi connectivity index (χ3n) is 2.34. The smallest absolute Gasteiger partial charge is 0.270 e. The molecule has 70 valence electrons. The van der Waals surface area contributed by atoms with Crippen molar-refractivity contribution in [2.45, 2.75) is 33.4 Å². The van der Waals surface area contributed by atoms with Crippen molar-refractivity contribution >= 4 is 5.91 Å². The summed E-state index contributed by atoms with van der Waals surface area (Å²) < 4.78 is 1.80. The van der Waals surface area contributed by atoms with Gasteiger partial charge in [-0.1, -0.05) is 0 Å². The number of rotatable bonds is 1. The summed E-state index contributed by atoms with van der Waals surface area (Å²) >= 11 is 0. The first kappa shape index (κ1) is 8.29. The second-order valence-corrected chi connectivity index (χ2v) is 3.63. The zero-order chi connectivity index (χ0) is 9.59. The zero-order valence-electron chi connectivity index (χ0n) is 8.09. The average Bonchev–Trinajstić information content (AvgIpc) is 2.55. The van der Waals surface area contributed by atoms with Crippen LogP contribution in [0.4, 0.5) is 0 Å². The summed E-state index contributed by atoms with van der Waals surface area (Å²) in [5, 5.41) is 7.14.